The summed E-state index contributed by atoms with van der Waals surface area (Å²) in [4.78, 5) is 0. The van der Waals surface area contributed by atoms with Crippen LogP contribution in [0.2, 0.25) is 0 Å². The van der Waals surface area contributed by atoms with Crippen LogP contribution in [0.3, 0.4) is 0 Å². The van der Waals surface area contributed by atoms with Gasteiger partial charge in [-0.2, -0.15) is 0 Å². The smallest absolute Gasteiger partial charge is 0.0869 e. The van der Waals surface area contributed by atoms with Gasteiger partial charge in [0.05, 0.1) is 6.10 Å². The van der Waals surface area contributed by atoms with Gasteiger partial charge >= 0.3 is 0 Å². The number of aliphatic hydroxyl groups is 1. The second-order valence-electron chi connectivity index (χ2n) is 5.00. The van der Waals surface area contributed by atoms with Crippen molar-refractivity contribution in [2.75, 3.05) is 6.54 Å². The zero-order valence-corrected chi connectivity index (χ0v) is 11.1. The lowest BCUT2D eigenvalue weighted by molar-refractivity contribution is -0.0605. The number of benzene rings is 1. The fourth-order valence-electron chi connectivity index (χ4n) is 2.86. The van der Waals surface area contributed by atoms with E-state index in [1.165, 1.54) is 0 Å². The molecule has 3 N–H and O–H groups in total. The Labute approximate surface area is 105 Å². The maximum Gasteiger partial charge on any atom is 0.0869 e. The average Bonchev–Trinajstić information content (AvgIpc) is 2.24. The van der Waals surface area contributed by atoms with E-state index in [-0.39, 0.29) is 5.41 Å². The third-order valence-corrected chi connectivity index (χ3v) is 4.42. The molecule has 0 heterocycles. The highest BCUT2D eigenvalue weighted by Gasteiger charge is 2.47. The van der Waals surface area contributed by atoms with E-state index in [4.69, 9.17) is 5.73 Å². The van der Waals surface area contributed by atoms with Crippen molar-refractivity contribution >= 4 is 15.9 Å². The summed E-state index contributed by atoms with van der Waals surface area (Å²) in [7, 11) is 0. The van der Waals surface area contributed by atoms with E-state index in [1.54, 1.807) is 0 Å². The summed E-state index contributed by atoms with van der Waals surface area (Å²) in [6.07, 6.45) is 1.59. The zero-order chi connectivity index (χ0) is 11.8. The fourth-order valence-corrected chi connectivity index (χ4v) is 3.36. The zero-order valence-electron chi connectivity index (χ0n) is 9.49. The Bertz CT molecular complexity index is 374. The largest absolute Gasteiger partial charge is 0.388 e. The molecule has 0 unspecified atom stereocenters. The SMILES string of the molecule is CC1CC(CN)([C@H](O)c2ccccc2Br)C1. The summed E-state index contributed by atoms with van der Waals surface area (Å²) in [5.41, 5.74) is 6.69. The van der Waals surface area contributed by atoms with Gasteiger partial charge < -0.3 is 10.8 Å². The van der Waals surface area contributed by atoms with E-state index in [1.807, 2.05) is 24.3 Å². The van der Waals surface area contributed by atoms with Crippen LogP contribution in [0.15, 0.2) is 28.7 Å². The monoisotopic (exact) mass is 283 g/mol. The minimum atomic E-state index is -0.454. The van der Waals surface area contributed by atoms with Crippen molar-refractivity contribution in [3.63, 3.8) is 0 Å². The summed E-state index contributed by atoms with van der Waals surface area (Å²) in [5, 5.41) is 10.5. The molecule has 0 aromatic heterocycles. The highest BCUT2D eigenvalue weighted by molar-refractivity contribution is 9.10. The van der Waals surface area contributed by atoms with Gasteiger partial charge in [0.2, 0.25) is 0 Å². The van der Waals surface area contributed by atoms with Gasteiger partial charge in [-0.15, -0.1) is 0 Å². The van der Waals surface area contributed by atoms with E-state index < -0.39 is 6.10 Å². The third kappa shape index (κ3) is 1.92. The lowest BCUT2D eigenvalue weighted by Crippen LogP contribution is -2.46. The van der Waals surface area contributed by atoms with E-state index >= 15 is 0 Å². The van der Waals surface area contributed by atoms with Crippen LogP contribution < -0.4 is 5.73 Å². The van der Waals surface area contributed by atoms with Gasteiger partial charge in [0.15, 0.2) is 0 Å². The maximum atomic E-state index is 10.5. The van der Waals surface area contributed by atoms with E-state index in [2.05, 4.69) is 22.9 Å². The van der Waals surface area contributed by atoms with Crippen molar-refractivity contribution in [2.45, 2.75) is 25.9 Å². The number of aliphatic hydroxyl groups excluding tert-OH is 1. The summed E-state index contributed by atoms with van der Waals surface area (Å²) >= 11 is 3.49. The third-order valence-electron chi connectivity index (χ3n) is 3.70. The molecule has 1 aromatic carbocycles. The van der Waals surface area contributed by atoms with E-state index in [9.17, 15) is 5.11 Å². The van der Waals surface area contributed by atoms with E-state index in [0.29, 0.717) is 12.5 Å². The first-order valence-corrected chi connectivity index (χ1v) is 6.51. The molecule has 1 fully saturated rings. The molecule has 0 aliphatic heterocycles. The highest BCUT2D eigenvalue weighted by atomic mass is 79.9. The molecule has 1 aromatic rings. The first-order valence-electron chi connectivity index (χ1n) is 5.71. The van der Waals surface area contributed by atoms with Crippen molar-refractivity contribution in [3.05, 3.63) is 34.3 Å². The van der Waals surface area contributed by atoms with Crippen LogP contribution in [-0.2, 0) is 0 Å². The number of hydrogen-bond acceptors (Lipinski definition) is 2. The molecule has 88 valence electrons. The van der Waals surface area contributed by atoms with E-state index in [0.717, 1.165) is 22.9 Å². The number of nitrogens with two attached hydrogens (primary N) is 1. The van der Waals surface area contributed by atoms with Gasteiger partial charge in [-0.05, 0) is 30.4 Å². The molecule has 0 saturated heterocycles. The second kappa shape index (κ2) is 4.47. The minimum Gasteiger partial charge on any atom is -0.388 e. The van der Waals surface area contributed by atoms with Gasteiger partial charge in [0.25, 0.3) is 0 Å². The van der Waals surface area contributed by atoms with Crippen molar-refractivity contribution in [2.24, 2.45) is 17.1 Å². The first kappa shape index (κ1) is 12.1. The number of hydrogen-bond donors (Lipinski definition) is 2. The lowest BCUT2D eigenvalue weighted by atomic mass is 9.58. The molecule has 1 aliphatic carbocycles. The Morgan fingerprint density at radius 2 is 2.12 bits per heavy atom. The van der Waals surface area contributed by atoms with Gasteiger partial charge in [0.1, 0.15) is 0 Å². The molecule has 2 nitrogen and oxygen atoms in total. The number of rotatable bonds is 3. The molecule has 3 heteroatoms. The van der Waals surface area contributed by atoms with Crippen LogP contribution in [0.4, 0.5) is 0 Å². The molecule has 0 amide bonds. The average molecular weight is 284 g/mol. The molecule has 0 bridgehead atoms. The lowest BCUT2D eigenvalue weighted by Gasteiger charge is -2.49. The van der Waals surface area contributed by atoms with Gasteiger partial charge in [-0.1, -0.05) is 41.1 Å². The Morgan fingerprint density at radius 1 is 1.50 bits per heavy atom. The molecule has 1 aliphatic rings. The molecule has 2 rings (SSSR count). The predicted molar refractivity (Wildman–Crippen MR) is 69.0 cm³/mol. The molecule has 1 saturated carbocycles. The quantitative estimate of drug-likeness (QED) is 0.896. The summed E-state index contributed by atoms with van der Waals surface area (Å²) in [6, 6.07) is 7.84. The molecule has 0 radical (unpaired) electrons. The van der Waals surface area contributed by atoms with Gasteiger partial charge in [-0.25, -0.2) is 0 Å². The topological polar surface area (TPSA) is 46.2 Å². The highest BCUT2D eigenvalue weighted by Crippen LogP contribution is 2.53. The van der Waals surface area contributed by atoms with Crippen molar-refractivity contribution in [3.8, 4) is 0 Å². The van der Waals surface area contributed by atoms with Crippen LogP contribution in [-0.4, -0.2) is 11.7 Å². The van der Waals surface area contributed by atoms with Crippen LogP contribution in [0.1, 0.15) is 31.4 Å². The van der Waals surface area contributed by atoms with Crippen LogP contribution in [0.25, 0.3) is 0 Å². The second-order valence-corrected chi connectivity index (χ2v) is 5.86. The molecular formula is C13H18BrNO. The maximum absolute atomic E-state index is 10.5. The fraction of sp³-hybridized carbons (Fsp3) is 0.538. The summed E-state index contributed by atoms with van der Waals surface area (Å²) in [5.74, 6) is 0.681. The number of halogens is 1. The molecule has 0 spiro atoms. The Kier molecular flexibility index (Phi) is 3.38. The Hall–Kier alpha value is -0.380. The minimum absolute atomic E-state index is 0.108. The standard InChI is InChI=1S/C13H18BrNO/c1-9-6-13(7-9,8-15)12(16)10-4-2-3-5-11(10)14/h2-5,9,12,16H,6-8,15H2,1H3/t9?,12-,13?/m1/s1. The first-order chi connectivity index (χ1) is 7.59. The van der Waals surface area contributed by atoms with Crippen molar-refractivity contribution in [1.82, 2.24) is 0 Å². The normalized spacial score (nSPS) is 30.9. The summed E-state index contributed by atoms with van der Waals surface area (Å²) in [6.45, 7) is 2.76. The van der Waals surface area contributed by atoms with Crippen LogP contribution in [0.5, 0.6) is 0 Å². The van der Waals surface area contributed by atoms with Crippen molar-refractivity contribution in [1.29, 1.82) is 0 Å². The molecule has 1 atom stereocenters. The van der Waals surface area contributed by atoms with Crippen LogP contribution >= 0.6 is 15.9 Å². The van der Waals surface area contributed by atoms with Crippen LogP contribution in [0, 0.1) is 11.3 Å². The predicted octanol–water partition coefficient (Wildman–Crippen LogP) is 2.86. The Balaban J connectivity index is 2.25. The Morgan fingerprint density at radius 3 is 2.62 bits per heavy atom. The summed E-state index contributed by atoms with van der Waals surface area (Å²) < 4.78 is 0.967. The van der Waals surface area contributed by atoms with Gasteiger partial charge in [-0.3, -0.25) is 0 Å². The molecule has 16 heavy (non-hydrogen) atoms. The van der Waals surface area contributed by atoms with Crippen molar-refractivity contribution < 1.29 is 5.11 Å². The molecular weight excluding hydrogens is 266 g/mol. The van der Waals surface area contributed by atoms with Gasteiger partial charge in [0, 0.05) is 16.4 Å².